The van der Waals surface area contributed by atoms with Gasteiger partial charge in [-0.1, -0.05) is 6.07 Å². The average Bonchev–Trinajstić information content (AvgIpc) is 2.42. The Balaban J connectivity index is 2.53. The predicted molar refractivity (Wildman–Crippen MR) is 77.5 cm³/mol. The first-order valence-corrected chi connectivity index (χ1v) is 6.46. The highest BCUT2D eigenvalue weighted by Crippen LogP contribution is 2.17. The van der Waals surface area contributed by atoms with Crippen LogP contribution in [0.15, 0.2) is 24.3 Å². The summed E-state index contributed by atoms with van der Waals surface area (Å²) >= 11 is 0. The average molecular weight is 279 g/mol. The van der Waals surface area contributed by atoms with Crippen LogP contribution in [0.1, 0.15) is 12.8 Å². The van der Waals surface area contributed by atoms with Gasteiger partial charge >= 0.3 is 0 Å². The maximum atomic E-state index is 11.6. The van der Waals surface area contributed by atoms with Crippen molar-refractivity contribution in [3.05, 3.63) is 24.3 Å². The Labute approximate surface area is 118 Å². The van der Waals surface area contributed by atoms with Crippen LogP contribution in [0.5, 0.6) is 5.75 Å². The fraction of sp³-hybridized carbons (Fsp3) is 0.429. The SMILES string of the molecule is CN(C)C(=O)COc1cccc(NC(=O)CCCN)c1. The lowest BCUT2D eigenvalue weighted by atomic mass is 10.2. The van der Waals surface area contributed by atoms with Crippen molar-refractivity contribution in [1.82, 2.24) is 4.90 Å². The number of nitrogens with zero attached hydrogens (tertiary/aromatic N) is 1. The van der Waals surface area contributed by atoms with Crippen LogP contribution in [0.25, 0.3) is 0 Å². The van der Waals surface area contributed by atoms with Gasteiger partial charge in [-0.05, 0) is 25.1 Å². The molecule has 0 fully saturated rings. The first-order valence-electron chi connectivity index (χ1n) is 6.46. The smallest absolute Gasteiger partial charge is 0.259 e. The summed E-state index contributed by atoms with van der Waals surface area (Å²) in [5.41, 5.74) is 5.99. The van der Waals surface area contributed by atoms with E-state index in [1.165, 1.54) is 4.90 Å². The minimum Gasteiger partial charge on any atom is -0.484 e. The molecule has 0 aromatic heterocycles. The van der Waals surface area contributed by atoms with Crippen LogP contribution in [0.4, 0.5) is 5.69 Å². The van der Waals surface area contributed by atoms with E-state index >= 15 is 0 Å². The fourth-order valence-electron chi connectivity index (χ4n) is 1.42. The van der Waals surface area contributed by atoms with Crippen molar-refractivity contribution in [1.29, 1.82) is 0 Å². The number of nitrogens with two attached hydrogens (primary N) is 1. The van der Waals surface area contributed by atoms with Crippen LogP contribution in [0.3, 0.4) is 0 Å². The van der Waals surface area contributed by atoms with Gasteiger partial charge in [-0.25, -0.2) is 0 Å². The van der Waals surface area contributed by atoms with Crippen molar-refractivity contribution in [3.63, 3.8) is 0 Å². The zero-order valence-electron chi connectivity index (χ0n) is 11.9. The molecule has 6 heteroatoms. The number of nitrogens with one attached hydrogen (secondary N) is 1. The molecule has 0 aliphatic carbocycles. The minimum absolute atomic E-state index is 0.0302. The van der Waals surface area contributed by atoms with Crippen LogP contribution in [-0.4, -0.2) is 44.0 Å². The first kappa shape index (κ1) is 16.0. The fourth-order valence-corrected chi connectivity index (χ4v) is 1.42. The molecular weight excluding hydrogens is 258 g/mol. The third kappa shape index (κ3) is 5.71. The lowest BCUT2D eigenvalue weighted by Crippen LogP contribution is -2.27. The normalized spacial score (nSPS) is 9.95. The number of carbonyl (C=O) groups excluding carboxylic acids is 2. The number of amides is 2. The van der Waals surface area contributed by atoms with Crippen molar-refractivity contribution in [2.75, 3.05) is 32.6 Å². The number of anilines is 1. The van der Waals surface area contributed by atoms with Gasteiger partial charge in [-0.15, -0.1) is 0 Å². The van der Waals surface area contributed by atoms with Crippen LogP contribution in [0, 0.1) is 0 Å². The zero-order valence-corrected chi connectivity index (χ0v) is 11.9. The molecule has 1 aromatic rings. The number of hydrogen-bond acceptors (Lipinski definition) is 4. The maximum Gasteiger partial charge on any atom is 0.259 e. The summed E-state index contributed by atoms with van der Waals surface area (Å²) in [5.74, 6) is 0.330. The highest BCUT2D eigenvalue weighted by Gasteiger charge is 2.06. The van der Waals surface area contributed by atoms with Gasteiger partial charge < -0.3 is 20.7 Å². The summed E-state index contributed by atoms with van der Waals surface area (Å²) in [6, 6.07) is 6.94. The lowest BCUT2D eigenvalue weighted by Gasteiger charge is -2.12. The highest BCUT2D eigenvalue weighted by molar-refractivity contribution is 5.90. The van der Waals surface area contributed by atoms with E-state index in [2.05, 4.69) is 5.32 Å². The molecule has 2 amide bonds. The molecule has 0 spiro atoms. The Morgan fingerprint density at radius 1 is 1.35 bits per heavy atom. The van der Waals surface area contributed by atoms with Crippen molar-refractivity contribution >= 4 is 17.5 Å². The topological polar surface area (TPSA) is 84.7 Å². The Bertz CT molecular complexity index is 461. The van der Waals surface area contributed by atoms with E-state index in [1.54, 1.807) is 38.4 Å². The Kier molecular flexibility index (Phi) is 6.52. The minimum atomic E-state index is -0.123. The third-order valence-electron chi connectivity index (χ3n) is 2.59. The molecule has 0 radical (unpaired) electrons. The van der Waals surface area contributed by atoms with Gasteiger partial charge in [0.2, 0.25) is 5.91 Å². The van der Waals surface area contributed by atoms with Gasteiger partial charge in [-0.3, -0.25) is 9.59 Å². The summed E-state index contributed by atoms with van der Waals surface area (Å²) in [7, 11) is 3.33. The standard InChI is InChI=1S/C14H21N3O3/c1-17(2)14(19)10-20-12-6-3-5-11(9-12)16-13(18)7-4-8-15/h3,5-6,9H,4,7-8,10,15H2,1-2H3,(H,16,18). The highest BCUT2D eigenvalue weighted by atomic mass is 16.5. The van der Waals surface area contributed by atoms with Gasteiger partial charge in [0, 0.05) is 32.3 Å². The molecule has 0 heterocycles. The summed E-state index contributed by atoms with van der Waals surface area (Å²) in [6.07, 6.45) is 1.04. The molecule has 1 rings (SSSR count). The van der Waals surface area contributed by atoms with Gasteiger partial charge in [0.25, 0.3) is 5.91 Å². The van der Waals surface area contributed by atoms with E-state index in [4.69, 9.17) is 10.5 Å². The molecule has 1 aromatic carbocycles. The number of carbonyl (C=O) groups is 2. The molecule has 0 aliphatic rings. The summed E-state index contributed by atoms with van der Waals surface area (Å²) in [4.78, 5) is 24.4. The van der Waals surface area contributed by atoms with Crippen molar-refractivity contribution < 1.29 is 14.3 Å². The first-order chi connectivity index (χ1) is 9.52. The van der Waals surface area contributed by atoms with Crippen LogP contribution >= 0.6 is 0 Å². The van der Waals surface area contributed by atoms with E-state index in [0.29, 0.717) is 30.8 Å². The third-order valence-corrected chi connectivity index (χ3v) is 2.59. The summed E-state index contributed by atoms with van der Waals surface area (Å²) in [6.45, 7) is 0.459. The molecular formula is C14H21N3O3. The second-order valence-electron chi connectivity index (χ2n) is 4.55. The zero-order chi connectivity index (χ0) is 15.0. The maximum absolute atomic E-state index is 11.6. The van der Waals surface area contributed by atoms with Crippen molar-refractivity contribution in [2.24, 2.45) is 5.73 Å². The number of hydrogen-bond donors (Lipinski definition) is 2. The van der Waals surface area contributed by atoms with E-state index in [9.17, 15) is 9.59 Å². The van der Waals surface area contributed by atoms with Crippen LogP contribution < -0.4 is 15.8 Å². The molecule has 0 saturated carbocycles. The molecule has 0 aliphatic heterocycles. The summed E-state index contributed by atoms with van der Waals surface area (Å²) in [5, 5.41) is 2.76. The van der Waals surface area contributed by atoms with Crippen molar-refractivity contribution in [3.8, 4) is 5.75 Å². The lowest BCUT2D eigenvalue weighted by molar-refractivity contribution is -0.130. The molecule has 110 valence electrons. The van der Waals surface area contributed by atoms with E-state index in [-0.39, 0.29) is 18.4 Å². The van der Waals surface area contributed by atoms with Gasteiger partial charge in [0.05, 0.1) is 0 Å². The molecule has 3 N–H and O–H groups in total. The van der Waals surface area contributed by atoms with Gasteiger partial charge in [-0.2, -0.15) is 0 Å². The largest absolute Gasteiger partial charge is 0.484 e. The Morgan fingerprint density at radius 2 is 2.10 bits per heavy atom. The molecule has 6 nitrogen and oxygen atoms in total. The van der Waals surface area contributed by atoms with Crippen LogP contribution in [-0.2, 0) is 9.59 Å². The Hall–Kier alpha value is -2.08. The van der Waals surface area contributed by atoms with Crippen LogP contribution in [0.2, 0.25) is 0 Å². The van der Waals surface area contributed by atoms with Gasteiger partial charge in [0.15, 0.2) is 6.61 Å². The molecule has 0 atom stereocenters. The molecule has 0 saturated heterocycles. The Morgan fingerprint density at radius 3 is 2.75 bits per heavy atom. The molecule has 0 bridgehead atoms. The van der Waals surface area contributed by atoms with E-state index < -0.39 is 0 Å². The quantitative estimate of drug-likeness (QED) is 0.774. The number of rotatable bonds is 7. The molecule has 20 heavy (non-hydrogen) atoms. The summed E-state index contributed by atoms with van der Waals surface area (Å²) < 4.78 is 5.37. The van der Waals surface area contributed by atoms with Crippen molar-refractivity contribution in [2.45, 2.75) is 12.8 Å². The number of ether oxygens (including phenoxy) is 1. The van der Waals surface area contributed by atoms with E-state index in [1.807, 2.05) is 0 Å². The van der Waals surface area contributed by atoms with E-state index in [0.717, 1.165) is 0 Å². The second-order valence-corrected chi connectivity index (χ2v) is 4.55. The number of benzene rings is 1. The number of likely N-dealkylation sites (N-methyl/N-ethyl adjacent to an activating group) is 1. The predicted octanol–water partition coefficient (Wildman–Crippen LogP) is 0.831. The van der Waals surface area contributed by atoms with Gasteiger partial charge in [0.1, 0.15) is 5.75 Å². The molecule has 0 unspecified atom stereocenters. The monoisotopic (exact) mass is 279 g/mol. The second kappa shape index (κ2) is 8.16.